The van der Waals surface area contributed by atoms with Crippen molar-refractivity contribution in [3.05, 3.63) is 52.7 Å². The Morgan fingerprint density at radius 1 is 1.03 bits per heavy atom. The van der Waals surface area contributed by atoms with Crippen LogP contribution >= 0.6 is 0 Å². The van der Waals surface area contributed by atoms with E-state index in [-0.39, 0.29) is 28.6 Å². The molecule has 2 aliphatic rings. The first kappa shape index (κ1) is 22.2. The lowest BCUT2D eigenvalue weighted by Crippen LogP contribution is -2.48. The van der Waals surface area contributed by atoms with Crippen LogP contribution in [0.25, 0.3) is 11.3 Å². The molecular weight excluding hydrogens is 414 g/mol. The van der Waals surface area contributed by atoms with Gasteiger partial charge in [-0.3, -0.25) is 19.4 Å². The monoisotopic (exact) mass is 440 g/mol. The number of aryl methyl sites for hydroxylation is 2. The summed E-state index contributed by atoms with van der Waals surface area (Å²) in [6.45, 7) is 6.27. The van der Waals surface area contributed by atoms with E-state index in [2.05, 4.69) is 4.98 Å². The van der Waals surface area contributed by atoms with Gasteiger partial charge in [0.05, 0.1) is 6.20 Å². The quantitative estimate of drug-likeness (QED) is 0.654. The molecule has 7 heteroatoms. The van der Waals surface area contributed by atoms with E-state index in [0.717, 1.165) is 12.3 Å². The van der Waals surface area contributed by atoms with Gasteiger partial charge in [0.15, 0.2) is 5.82 Å². The number of halogens is 2. The largest absolute Gasteiger partial charge is 0.343 e. The number of carbonyl (C=O) groups is 3. The molecular formula is C25H26F2N2O3. The summed E-state index contributed by atoms with van der Waals surface area (Å²) < 4.78 is 27.5. The van der Waals surface area contributed by atoms with Crippen molar-refractivity contribution in [2.75, 3.05) is 13.1 Å². The molecule has 1 aromatic heterocycles. The highest BCUT2D eigenvalue weighted by Gasteiger charge is 2.47. The third-order valence-corrected chi connectivity index (χ3v) is 6.98. The maximum atomic E-state index is 14.2. The van der Waals surface area contributed by atoms with Crippen LogP contribution < -0.4 is 0 Å². The standard InChI is InChI=1S/C25H26F2N2O3/c1-14-8-17(24-19(27)10-18(26)13-28-24)9-15(2)22(14)23-20(31)11-25(12-21(23)32)4-6-29(7-5-25)16(3)30/h8-10,13,23H,4-7,11-12H2,1-3H3. The molecule has 1 aliphatic heterocycles. The van der Waals surface area contributed by atoms with Gasteiger partial charge in [0.25, 0.3) is 0 Å². The number of aromatic nitrogens is 1. The summed E-state index contributed by atoms with van der Waals surface area (Å²) in [5, 5.41) is 0. The fraction of sp³-hybridized carbons (Fsp3) is 0.440. The van der Waals surface area contributed by atoms with Crippen molar-refractivity contribution in [2.45, 2.75) is 52.4 Å². The molecule has 2 fully saturated rings. The normalized spacial score (nSPS) is 19.0. The zero-order chi connectivity index (χ0) is 23.2. The van der Waals surface area contributed by atoms with Crippen LogP contribution in [0.4, 0.5) is 8.78 Å². The van der Waals surface area contributed by atoms with E-state index in [1.165, 1.54) is 6.92 Å². The van der Waals surface area contributed by atoms with Crippen LogP contribution in [0.3, 0.4) is 0 Å². The van der Waals surface area contributed by atoms with Gasteiger partial charge >= 0.3 is 0 Å². The first-order valence-corrected chi connectivity index (χ1v) is 10.8. The molecule has 0 bridgehead atoms. The van der Waals surface area contributed by atoms with Gasteiger partial charge in [-0.1, -0.05) is 0 Å². The average molecular weight is 440 g/mol. The van der Waals surface area contributed by atoms with Crippen molar-refractivity contribution in [3.63, 3.8) is 0 Å². The molecule has 32 heavy (non-hydrogen) atoms. The van der Waals surface area contributed by atoms with Crippen molar-refractivity contribution in [2.24, 2.45) is 5.41 Å². The topological polar surface area (TPSA) is 67.3 Å². The van der Waals surface area contributed by atoms with Crippen molar-refractivity contribution >= 4 is 17.5 Å². The van der Waals surface area contributed by atoms with E-state index in [1.54, 1.807) is 30.9 Å². The van der Waals surface area contributed by atoms with Crippen molar-refractivity contribution in [1.29, 1.82) is 0 Å². The lowest BCUT2D eigenvalue weighted by molar-refractivity contribution is -0.139. The molecule has 1 aromatic carbocycles. The van der Waals surface area contributed by atoms with Gasteiger partial charge in [-0.2, -0.15) is 0 Å². The predicted molar refractivity (Wildman–Crippen MR) is 115 cm³/mol. The van der Waals surface area contributed by atoms with E-state index in [4.69, 9.17) is 0 Å². The van der Waals surface area contributed by atoms with Crippen LogP contribution in [-0.4, -0.2) is 40.4 Å². The van der Waals surface area contributed by atoms with Gasteiger partial charge in [0.1, 0.15) is 29.0 Å². The van der Waals surface area contributed by atoms with Crippen LogP contribution in [0.1, 0.15) is 55.2 Å². The highest BCUT2D eigenvalue weighted by atomic mass is 19.1. The molecule has 168 valence electrons. The molecule has 0 atom stereocenters. The molecule has 1 amide bonds. The number of rotatable bonds is 2. The molecule has 4 rings (SSSR count). The number of pyridine rings is 1. The minimum Gasteiger partial charge on any atom is -0.343 e. The summed E-state index contributed by atoms with van der Waals surface area (Å²) in [6, 6.07) is 4.18. The van der Waals surface area contributed by atoms with Crippen LogP contribution in [-0.2, 0) is 14.4 Å². The highest BCUT2D eigenvalue weighted by molar-refractivity contribution is 6.10. The van der Waals surface area contributed by atoms with E-state index in [0.29, 0.717) is 61.0 Å². The van der Waals surface area contributed by atoms with E-state index < -0.39 is 17.6 Å². The van der Waals surface area contributed by atoms with Gasteiger partial charge in [0.2, 0.25) is 5.91 Å². The Kier molecular flexibility index (Phi) is 5.69. The Morgan fingerprint density at radius 3 is 2.09 bits per heavy atom. The number of carbonyl (C=O) groups excluding carboxylic acids is 3. The molecule has 2 aromatic rings. The summed E-state index contributed by atoms with van der Waals surface area (Å²) in [5.74, 6) is -2.51. The minimum absolute atomic E-state index is 0.0182. The summed E-state index contributed by atoms with van der Waals surface area (Å²) >= 11 is 0. The van der Waals surface area contributed by atoms with Crippen molar-refractivity contribution < 1.29 is 23.2 Å². The molecule has 0 radical (unpaired) electrons. The highest BCUT2D eigenvalue weighted by Crippen LogP contribution is 2.47. The van der Waals surface area contributed by atoms with Gasteiger partial charge in [-0.15, -0.1) is 0 Å². The number of amides is 1. The molecule has 1 aliphatic carbocycles. The Hall–Kier alpha value is -2.96. The van der Waals surface area contributed by atoms with Crippen LogP contribution in [0.5, 0.6) is 0 Å². The number of piperidine rings is 1. The van der Waals surface area contributed by atoms with Crippen molar-refractivity contribution in [3.8, 4) is 11.3 Å². The summed E-state index contributed by atoms with van der Waals surface area (Å²) in [5.41, 5.74) is 2.23. The smallest absolute Gasteiger partial charge is 0.219 e. The third kappa shape index (κ3) is 3.96. The zero-order valence-electron chi connectivity index (χ0n) is 18.5. The van der Waals surface area contributed by atoms with Crippen molar-refractivity contribution in [1.82, 2.24) is 9.88 Å². The molecule has 0 unspecified atom stereocenters. The molecule has 0 N–H and O–H groups in total. The van der Waals surface area contributed by atoms with Crippen LogP contribution in [0, 0.1) is 30.9 Å². The Labute approximate surface area is 185 Å². The van der Waals surface area contributed by atoms with Gasteiger partial charge in [-0.05, 0) is 60.9 Å². The summed E-state index contributed by atoms with van der Waals surface area (Å²) in [7, 11) is 0. The fourth-order valence-corrected chi connectivity index (χ4v) is 5.35. The second-order valence-electron chi connectivity index (χ2n) is 9.23. The van der Waals surface area contributed by atoms with Gasteiger partial charge < -0.3 is 4.90 Å². The fourth-order valence-electron chi connectivity index (χ4n) is 5.35. The van der Waals surface area contributed by atoms with E-state index in [9.17, 15) is 23.2 Å². The number of nitrogens with zero attached hydrogens (tertiary/aromatic N) is 2. The second-order valence-corrected chi connectivity index (χ2v) is 9.23. The lowest BCUT2D eigenvalue weighted by atomic mass is 9.62. The van der Waals surface area contributed by atoms with Gasteiger partial charge in [-0.25, -0.2) is 8.78 Å². The summed E-state index contributed by atoms with van der Waals surface area (Å²) in [4.78, 5) is 43.7. The number of benzene rings is 1. The third-order valence-electron chi connectivity index (χ3n) is 6.98. The first-order valence-electron chi connectivity index (χ1n) is 10.8. The minimum atomic E-state index is -0.827. The first-order chi connectivity index (χ1) is 15.1. The number of ketones is 2. The predicted octanol–water partition coefficient (Wildman–Crippen LogP) is 4.29. The maximum absolute atomic E-state index is 14.2. The average Bonchev–Trinajstić information content (AvgIpc) is 2.69. The number of hydrogen-bond donors (Lipinski definition) is 0. The van der Waals surface area contributed by atoms with Gasteiger partial charge in [0, 0.05) is 44.5 Å². The SMILES string of the molecule is CC(=O)N1CCC2(CC1)CC(=O)C(c1c(C)cc(-c3ncc(F)cc3F)cc1C)C(=O)C2. The Bertz CT molecular complexity index is 1080. The van der Waals surface area contributed by atoms with Crippen LogP contribution in [0.2, 0.25) is 0 Å². The lowest BCUT2D eigenvalue weighted by Gasteiger charge is -2.44. The van der Waals surface area contributed by atoms with E-state index in [1.807, 2.05) is 0 Å². The maximum Gasteiger partial charge on any atom is 0.219 e. The van der Waals surface area contributed by atoms with Crippen LogP contribution in [0.15, 0.2) is 24.4 Å². The molecule has 5 nitrogen and oxygen atoms in total. The summed E-state index contributed by atoms with van der Waals surface area (Å²) in [6.07, 6.45) is 2.92. The number of likely N-dealkylation sites (tertiary alicyclic amines) is 1. The molecule has 2 heterocycles. The number of Topliss-reactive ketones (excluding diaryl/α,β-unsaturated/α-hetero) is 2. The Balaban J connectivity index is 1.61. The van der Waals surface area contributed by atoms with E-state index >= 15 is 0 Å². The molecule has 1 spiro atoms. The Morgan fingerprint density at radius 2 is 1.59 bits per heavy atom. The second kappa shape index (κ2) is 8.19. The molecule has 1 saturated carbocycles. The number of hydrogen-bond acceptors (Lipinski definition) is 4. The molecule has 1 saturated heterocycles. The zero-order valence-corrected chi connectivity index (χ0v) is 18.5.